The summed E-state index contributed by atoms with van der Waals surface area (Å²) in [5.41, 5.74) is 0.804. The molecule has 0 amide bonds. The predicted molar refractivity (Wildman–Crippen MR) is 40.4 cm³/mol. The van der Waals surface area contributed by atoms with E-state index in [0.29, 0.717) is 0 Å². The molecule has 0 nitrogen and oxygen atoms in total. The van der Waals surface area contributed by atoms with Gasteiger partial charge in [-0.05, 0) is 0 Å². The summed E-state index contributed by atoms with van der Waals surface area (Å²) in [7, 11) is 0. The van der Waals surface area contributed by atoms with Crippen LogP contribution in [-0.4, -0.2) is 0 Å². The number of rotatable bonds is 0. The maximum Gasteiger partial charge on any atom is 1.00 e. The summed E-state index contributed by atoms with van der Waals surface area (Å²) >= 11 is 3.29. The Morgan fingerprint density at radius 1 is 1.20 bits per heavy atom. The second-order valence-corrected chi connectivity index (χ2v) is 2.55. The summed E-state index contributed by atoms with van der Waals surface area (Å²) in [5.74, 6) is 2.28. The van der Waals surface area contributed by atoms with E-state index in [1.807, 2.05) is 24.3 Å². The second kappa shape index (κ2) is 4.57. The average Bonchev–Trinajstić information content (AvgIpc) is 1.90. The minimum Gasteiger partial charge on any atom is -0.366 e. The van der Waals surface area contributed by atoms with Crippen LogP contribution in [0.4, 0.5) is 0 Å². The van der Waals surface area contributed by atoms with Crippen LogP contribution in [0.1, 0.15) is 5.56 Å². The average molecular weight is 244 g/mol. The van der Waals surface area contributed by atoms with Gasteiger partial charge in [-0.25, -0.2) is 0 Å². The molecular formula is C8H4BrCu. The van der Waals surface area contributed by atoms with E-state index in [0.717, 1.165) is 10.0 Å². The Kier molecular flexibility index (Phi) is 4.47. The molecule has 0 aliphatic carbocycles. The summed E-state index contributed by atoms with van der Waals surface area (Å²) in [6.45, 7) is 0. The predicted octanol–water partition coefficient (Wildman–Crippen LogP) is 2.38. The fourth-order valence-corrected chi connectivity index (χ4v) is 0.798. The van der Waals surface area contributed by atoms with Crippen LogP contribution < -0.4 is 0 Å². The van der Waals surface area contributed by atoms with E-state index in [2.05, 4.69) is 21.9 Å². The van der Waals surface area contributed by atoms with Crippen molar-refractivity contribution < 1.29 is 17.1 Å². The Morgan fingerprint density at radius 2 is 1.70 bits per heavy atom. The zero-order valence-electron chi connectivity index (χ0n) is 4.99. The van der Waals surface area contributed by atoms with E-state index in [-0.39, 0.29) is 17.1 Å². The SMILES string of the molecule is [C-]#Cc1ccc(Br)cc1.[Cu+]. The molecule has 0 aliphatic heterocycles. The molecule has 0 heterocycles. The van der Waals surface area contributed by atoms with E-state index < -0.39 is 0 Å². The molecule has 0 radical (unpaired) electrons. The van der Waals surface area contributed by atoms with Gasteiger partial charge in [-0.1, -0.05) is 28.1 Å². The first-order valence-electron chi connectivity index (χ1n) is 2.51. The molecule has 0 fully saturated rings. The Labute approximate surface area is 79.6 Å². The first-order chi connectivity index (χ1) is 4.33. The van der Waals surface area contributed by atoms with Crippen LogP contribution >= 0.6 is 15.9 Å². The minimum absolute atomic E-state index is 0. The van der Waals surface area contributed by atoms with Crippen molar-refractivity contribution in [1.82, 2.24) is 0 Å². The third-order valence-electron chi connectivity index (χ3n) is 0.989. The van der Waals surface area contributed by atoms with Crippen LogP contribution in [0.5, 0.6) is 0 Å². The van der Waals surface area contributed by atoms with Crippen LogP contribution in [-0.2, 0) is 17.1 Å². The largest absolute Gasteiger partial charge is 1.00 e. The van der Waals surface area contributed by atoms with Crippen molar-refractivity contribution in [2.24, 2.45) is 0 Å². The molecule has 0 atom stereocenters. The van der Waals surface area contributed by atoms with Crippen molar-refractivity contribution in [1.29, 1.82) is 0 Å². The van der Waals surface area contributed by atoms with Gasteiger partial charge in [-0.2, -0.15) is 0 Å². The third-order valence-corrected chi connectivity index (χ3v) is 1.52. The first kappa shape index (κ1) is 9.78. The maximum atomic E-state index is 6.75. The van der Waals surface area contributed by atoms with Gasteiger partial charge in [0, 0.05) is 4.47 Å². The van der Waals surface area contributed by atoms with Crippen LogP contribution in [0.25, 0.3) is 0 Å². The molecule has 0 N–H and O–H groups in total. The molecule has 0 aromatic heterocycles. The van der Waals surface area contributed by atoms with Gasteiger partial charge in [0.25, 0.3) is 0 Å². The van der Waals surface area contributed by atoms with Crippen molar-refractivity contribution in [3.63, 3.8) is 0 Å². The smallest absolute Gasteiger partial charge is 0.366 e. The summed E-state index contributed by atoms with van der Waals surface area (Å²) in [5, 5.41) is 0. The molecular weight excluding hydrogens is 240 g/mol. The van der Waals surface area contributed by atoms with E-state index in [9.17, 15) is 0 Å². The normalized spacial score (nSPS) is 7.60. The number of hydrogen-bond donors (Lipinski definition) is 0. The molecule has 1 rings (SSSR count). The molecule has 0 saturated carbocycles. The van der Waals surface area contributed by atoms with Crippen molar-refractivity contribution in [3.8, 4) is 5.92 Å². The fourth-order valence-electron chi connectivity index (χ4n) is 0.533. The molecule has 0 aliphatic rings. The molecule has 0 bridgehead atoms. The minimum atomic E-state index is 0. The van der Waals surface area contributed by atoms with Crippen LogP contribution in [0.2, 0.25) is 0 Å². The van der Waals surface area contributed by atoms with Gasteiger partial charge >= 0.3 is 17.1 Å². The van der Waals surface area contributed by atoms with Gasteiger partial charge in [0.15, 0.2) is 0 Å². The standard InChI is InChI=1S/C8H4Br.Cu/c1-2-7-3-5-8(9)6-4-7;/h3-6H;/q-1;+1. The molecule has 0 saturated heterocycles. The quantitative estimate of drug-likeness (QED) is 0.373. The van der Waals surface area contributed by atoms with E-state index >= 15 is 0 Å². The molecule has 10 heavy (non-hydrogen) atoms. The van der Waals surface area contributed by atoms with Gasteiger partial charge in [-0.3, -0.25) is 5.92 Å². The van der Waals surface area contributed by atoms with Crippen LogP contribution in [0.15, 0.2) is 28.7 Å². The van der Waals surface area contributed by atoms with E-state index in [1.165, 1.54) is 0 Å². The number of halogens is 1. The summed E-state index contributed by atoms with van der Waals surface area (Å²) in [6, 6.07) is 7.43. The van der Waals surface area contributed by atoms with Gasteiger partial charge in [0.05, 0.1) is 0 Å². The van der Waals surface area contributed by atoms with Crippen LogP contribution in [0, 0.1) is 12.3 Å². The molecule has 1 aromatic rings. The zero-order chi connectivity index (χ0) is 6.69. The Balaban J connectivity index is 0.000000810. The van der Waals surface area contributed by atoms with Gasteiger partial charge in [0.2, 0.25) is 0 Å². The molecule has 0 unspecified atom stereocenters. The summed E-state index contributed by atoms with van der Waals surface area (Å²) in [4.78, 5) is 0. The fraction of sp³-hybridized carbons (Fsp3) is 0. The monoisotopic (exact) mass is 242 g/mol. The van der Waals surface area contributed by atoms with Crippen molar-refractivity contribution in [2.45, 2.75) is 0 Å². The maximum absolute atomic E-state index is 6.75. The van der Waals surface area contributed by atoms with Crippen molar-refractivity contribution in [2.75, 3.05) is 0 Å². The Morgan fingerprint density at radius 3 is 2.10 bits per heavy atom. The van der Waals surface area contributed by atoms with E-state index in [1.54, 1.807) is 0 Å². The zero-order valence-corrected chi connectivity index (χ0v) is 7.52. The summed E-state index contributed by atoms with van der Waals surface area (Å²) in [6.07, 6.45) is 6.75. The first-order valence-corrected chi connectivity index (χ1v) is 3.30. The molecule has 1 aromatic carbocycles. The Hall–Kier alpha value is -0.221. The topological polar surface area (TPSA) is 0 Å². The van der Waals surface area contributed by atoms with Crippen molar-refractivity contribution in [3.05, 3.63) is 40.7 Å². The van der Waals surface area contributed by atoms with Gasteiger partial charge in [0.1, 0.15) is 0 Å². The molecule has 54 valence electrons. The summed E-state index contributed by atoms with van der Waals surface area (Å²) < 4.78 is 1.03. The third kappa shape index (κ3) is 2.58. The molecule has 2 heteroatoms. The van der Waals surface area contributed by atoms with Gasteiger partial charge in [-0.15, -0.1) is 17.7 Å². The van der Waals surface area contributed by atoms with Crippen LogP contribution in [0.3, 0.4) is 0 Å². The van der Waals surface area contributed by atoms with E-state index in [4.69, 9.17) is 6.42 Å². The number of benzene rings is 1. The van der Waals surface area contributed by atoms with Crippen molar-refractivity contribution >= 4 is 15.9 Å². The molecule has 0 spiro atoms. The number of hydrogen-bond acceptors (Lipinski definition) is 0. The second-order valence-electron chi connectivity index (χ2n) is 1.63. The van der Waals surface area contributed by atoms with Gasteiger partial charge < -0.3 is 6.42 Å². The Bertz CT molecular complexity index is 232.